The summed E-state index contributed by atoms with van der Waals surface area (Å²) >= 11 is 0. The van der Waals surface area contributed by atoms with Crippen LogP contribution in [0.4, 0.5) is 23.2 Å². The Morgan fingerprint density at radius 2 is 1.20 bits per heavy atom. The number of allylic oxidation sites excluding steroid dienone is 2. The number of nitrogens with zero attached hydrogens (tertiary/aromatic N) is 14. The molecule has 236 valence electrons. The van der Waals surface area contributed by atoms with E-state index in [0.29, 0.717) is 0 Å². The molecule has 51 heavy (non-hydrogen) atoms. The van der Waals surface area contributed by atoms with Crippen molar-refractivity contribution in [2.45, 2.75) is 0 Å². The van der Waals surface area contributed by atoms with Crippen LogP contribution in [0.15, 0.2) is 71.7 Å². The van der Waals surface area contributed by atoms with E-state index in [0.717, 1.165) is 0 Å². The average Bonchev–Trinajstić information content (AvgIpc) is 3.90. The molecule has 19 heteroatoms. The van der Waals surface area contributed by atoms with Gasteiger partial charge >= 0.3 is 11.4 Å². The van der Waals surface area contributed by atoms with Crippen molar-refractivity contribution in [3.63, 3.8) is 0 Å². The Balaban J connectivity index is 1.54. The minimum absolute atomic E-state index is 0.0407. The molecule has 3 aromatic carbocycles. The molecule has 0 aliphatic carbocycles. The minimum atomic E-state index is -2.16. The van der Waals surface area contributed by atoms with Crippen LogP contribution in [0.2, 0.25) is 0 Å². The van der Waals surface area contributed by atoms with Gasteiger partial charge in [-0.05, 0) is 18.2 Å². The van der Waals surface area contributed by atoms with Crippen LogP contribution in [0.1, 0.15) is 5.56 Å². The van der Waals surface area contributed by atoms with Crippen LogP contribution in [-0.2, 0) is 0 Å². The van der Waals surface area contributed by atoms with Gasteiger partial charge in [0.15, 0.2) is 46.0 Å². The first-order valence-corrected chi connectivity index (χ1v) is 13.6. The Kier molecular flexibility index (Phi) is 7.09. The largest absolute Gasteiger partial charge is 0.430 e. The lowest BCUT2D eigenvalue weighted by molar-refractivity contribution is 0.410. The fraction of sp³-hybridized carbons (Fsp3) is 0. The van der Waals surface area contributed by atoms with Gasteiger partial charge in [0.05, 0.1) is 53.5 Å². The third-order valence-electron chi connectivity index (χ3n) is 7.18. The molecule has 0 radical (unpaired) electrons. The normalized spacial score (nSPS) is 14.1. The smallest absolute Gasteiger partial charge is 0.305 e. The molecule has 0 saturated heterocycles. The van der Waals surface area contributed by atoms with Gasteiger partial charge in [0.25, 0.3) is 5.89 Å². The van der Waals surface area contributed by atoms with E-state index in [1.165, 1.54) is 24.3 Å². The van der Waals surface area contributed by atoms with Crippen molar-refractivity contribution >= 4 is 16.8 Å². The van der Waals surface area contributed by atoms with Crippen molar-refractivity contribution in [1.29, 1.82) is 15.8 Å². The molecule has 0 fully saturated rings. The van der Waals surface area contributed by atoms with E-state index in [9.17, 15) is 33.3 Å². The van der Waals surface area contributed by atoms with Crippen molar-refractivity contribution in [2.24, 2.45) is 20.0 Å². The van der Waals surface area contributed by atoms with Crippen LogP contribution in [0.3, 0.4) is 0 Å². The molecule has 0 bridgehead atoms. The number of hydrogen-bond acceptors (Lipinski definition) is 12. The zero-order chi connectivity index (χ0) is 36.1. The molecular weight excluding hydrogens is 672 g/mol. The molecule has 0 atom stereocenters. The van der Waals surface area contributed by atoms with Crippen LogP contribution >= 0.6 is 0 Å². The summed E-state index contributed by atoms with van der Waals surface area (Å²) in [6.07, 6.45) is 0. The van der Waals surface area contributed by atoms with Crippen LogP contribution < -0.4 is 21.4 Å². The van der Waals surface area contributed by atoms with E-state index in [1.54, 1.807) is 12.1 Å². The monoisotopic (exact) mass is 676 g/mol. The van der Waals surface area contributed by atoms with Crippen LogP contribution in [0.5, 0.6) is 0 Å². The highest BCUT2D eigenvalue weighted by atomic mass is 19.2. The second-order valence-electron chi connectivity index (χ2n) is 9.91. The Hall–Kier alpha value is -8.52. The number of halogens is 4. The molecule has 15 nitrogen and oxygen atoms in total. The maximum Gasteiger partial charge on any atom is 0.305 e. The van der Waals surface area contributed by atoms with Crippen molar-refractivity contribution < 1.29 is 22.0 Å². The summed E-state index contributed by atoms with van der Waals surface area (Å²) in [7, 11) is 0. The van der Waals surface area contributed by atoms with Crippen LogP contribution in [0, 0.1) is 77.0 Å². The highest BCUT2D eigenvalue weighted by Gasteiger charge is 2.28. The Morgan fingerprint density at radius 1 is 0.647 bits per heavy atom. The second kappa shape index (κ2) is 11.6. The third-order valence-corrected chi connectivity index (χ3v) is 7.18. The first-order valence-electron chi connectivity index (χ1n) is 13.6. The van der Waals surface area contributed by atoms with Crippen molar-refractivity contribution in [3.05, 3.63) is 132 Å². The molecule has 0 N–H and O–H groups in total. The topological polar surface area (TPSA) is 199 Å². The standard InChI is InChI=1S/C32H4F4N14O/c1-40-16(9-38)29-43-14-6-4-11(13(8-37)22(14)45-29)27-48-28(12-5-7-15-24(23(12)42-3)46-30(44-15)17(10-39)41-2)50-31(49-27)32-47-25-20(35)18(33)19(34)21(36)26(25)51-32/h4-7H/b29-16+,30-17-. The maximum atomic E-state index is 14.6. The third kappa shape index (κ3) is 4.68. The molecular formula is C32H4F4N14O. The fourth-order valence-electron chi connectivity index (χ4n) is 4.92. The van der Waals surface area contributed by atoms with E-state index in [-0.39, 0.29) is 67.1 Å². The molecule has 5 aromatic rings. The molecule has 2 aromatic heterocycles. The van der Waals surface area contributed by atoms with Gasteiger partial charge in [-0.1, -0.05) is 6.07 Å². The van der Waals surface area contributed by atoms with Gasteiger partial charge in [-0.15, -0.1) is 0 Å². The molecule has 2 aliphatic heterocycles. The summed E-state index contributed by atoms with van der Waals surface area (Å²) in [5.41, 5.74) is -3.49. The number of hydrogen-bond donors (Lipinski definition) is 0. The first-order chi connectivity index (χ1) is 24.6. The predicted molar refractivity (Wildman–Crippen MR) is 158 cm³/mol. The van der Waals surface area contributed by atoms with E-state index < -0.39 is 57.5 Å². The molecule has 0 saturated carbocycles. The Labute approximate surface area is 278 Å². The summed E-state index contributed by atoms with van der Waals surface area (Å²) in [5, 5.41) is 29.0. The number of nitriles is 3. The first kappa shape index (κ1) is 31.1. The number of oxazole rings is 1. The number of rotatable bonds is 3. The van der Waals surface area contributed by atoms with Gasteiger partial charge in [-0.25, -0.2) is 78.1 Å². The van der Waals surface area contributed by atoms with Gasteiger partial charge < -0.3 is 4.42 Å². The van der Waals surface area contributed by atoms with Gasteiger partial charge in [0.1, 0.15) is 11.4 Å². The summed E-state index contributed by atoms with van der Waals surface area (Å²) in [6, 6.07) is 10.8. The quantitative estimate of drug-likeness (QED) is 0.0905. The van der Waals surface area contributed by atoms with Crippen molar-refractivity contribution in [3.8, 4) is 52.7 Å². The maximum absolute atomic E-state index is 14.6. The zero-order valence-electron chi connectivity index (χ0n) is 24.5. The van der Waals surface area contributed by atoms with Gasteiger partial charge in [-0.3, -0.25) is 0 Å². The lowest BCUT2D eigenvalue weighted by atomic mass is 10.1. The van der Waals surface area contributed by atoms with Crippen molar-refractivity contribution in [1.82, 2.24) is 19.9 Å². The van der Waals surface area contributed by atoms with Gasteiger partial charge in [0, 0.05) is 11.1 Å². The minimum Gasteiger partial charge on any atom is -0.430 e. The number of benzene rings is 3. The molecule has 7 rings (SSSR count). The number of aromatic nitrogens is 4. The molecule has 0 spiro atoms. The van der Waals surface area contributed by atoms with Crippen LogP contribution in [0.25, 0.3) is 60.1 Å². The highest BCUT2D eigenvalue weighted by Crippen LogP contribution is 2.33. The summed E-state index contributed by atoms with van der Waals surface area (Å²) in [4.78, 5) is 43.0. The molecule has 0 unspecified atom stereocenters. The average molecular weight is 676 g/mol. The summed E-state index contributed by atoms with van der Waals surface area (Å²) < 4.78 is 62.6. The second-order valence-corrected chi connectivity index (χ2v) is 9.91. The van der Waals surface area contributed by atoms with E-state index in [4.69, 9.17) is 24.1 Å². The van der Waals surface area contributed by atoms with Crippen molar-refractivity contribution in [2.75, 3.05) is 0 Å². The van der Waals surface area contributed by atoms with E-state index in [1.807, 2.05) is 6.07 Å². The van der Waals surface area contributed by atoms with E-state index >= 15 is 0 Å². The lowest BCUT2D eigenvalue weighted by Crippen LogP contribution is -2.26. The summed E-state index contributed by atoms with van der Waals surface area (Å²) in [6.45, 7) is 22.3. The van der Waals surface area contributed by atoms with Gasteiger partial charge in [0.2, 0.25) is 23.1 Å². The molecule has 4 heterocycles. The lowest BCUT2D eigenvalue weighted by Gasteiger charge is -2.08. The zero-order valence-corrected chi connectivity index (χ0v) is 24.5. The SMILES string of the molecule is [C-]#[N+]/C(C#N)=C1/N=c2ccc(-c3nc(-c4nc5c(F)c(F)c(F)c(F)c5o4)nc(-c4ccc5c(c4C#N)=N/C(=C(\C#N)[N+]#[C-])N=5)n3)c([N+]#[C-])c2=N1. The number of fused-ring (bicyclic) bond motifs is 3. The Morgan fingerprint density at radius 3 is 1.78 bits per heavy atom. The highest BCUT2D eigenvalue weighted by molar-refractivity contribution is 5.79. The van der Waals surface area contributed by atoms with Gasteiger partial charge in [-0.2, -0.15) is 9.65 Å². The Bertz CT molecular complexity index is 2870. The molecule has 0 amide bonds. The van der Waals surface area contributed by atoms with E-state index in [2.05, 4.69) is 54.4 Å². The predicted octanol–water partition coefficient (Wildman–Crippen LogP) is 3.72. The fourth-order valence-corrected chi connectivity index (χ4v) is 4.92. The van der Waals surface area contributed by atoms with Crippen LogP contribution in [-0.4, -0.2) is 19.9 Å². The summed E-state index contributed by atoms with van der Waals surface area (Å²) in [5.74, 6) is -10.5. The molecule has 2 aliphatic rings.